The molecule has 0 unspecified atom stereocenters. The van der Waals surface area contributed by atoms with Crippen molar-refractivity contribution in [1.82, 2.24) is 9.47 Å². The van der Waals surface area contributed by atoms with E-state index in [2.05, 4.69) is 27.1 Å². The summed E-state index contributed by atoms with van der Waals surface area (Å²) in [5.74, 6) is 0.543. The number of carbonyl (C=O) groups excluding carboxylic acids is 2. The number of halogens is 1. The third kappa shape index (κ3) is 4.22. The monoisotopic (exact) mass is 482 g/mol. The molecule has 30 heavy (non-hydrogen) atoms. The molecule has 1 fully saturated rings. The highest BCUT2D eigenvalue weighted by atomic mass is 79.9. The van der Waals surface area contributed by atoms with Crippen molar-refractivity contribution >= 4 is 55.8 Å². The van der Waals surface area contributed by atoms with Crippen molar-refractivity contribution in [2.45, 2.75) is 6.54 Å². The van der Waals surface area contributed by atoms with Gasteiger partial charge in [0, 0.05) is 33.7 Å². The van der Waals surface area contributed by atoms with Crippen molar-refractivity contribution in [3.05, 3.63) is 82.3 Å². The molecule has 0 saturated carbocycles. The minimum absolute atomic E-state index is 0.214. The molecule has 2 aromatic carbocycles. The highest BCUT2D eigenvalue weighted by Gasteiger charge is 2.34. The van der Waals surface area contributed by atoms with Gasteiger partial charge in [0.05, 0.1) is 11.4 Å². The Kier molecular flexibility index (Phi) is 6.11. The fraction of sp³-hybridized carbons (Fsp3) is 0.130. The number of fused-ring (bicyclic) bond motifs is 1. The Morgan fingerprint density at radius 2 is 1.93 bits per heavy atom. The number of para-hydroxylation sites is 1. The van der Waals surface area contributed by atoms with Crippen molar-refractivity contribution in [3.63, 3.8) is 0 Å². The lowest BCUT2D eigenvalue weighted by atomic mass is 10.1. The van der Waals surface area contributed by atoms with E-state index in [9.17, 15) is 9.59 Å². The average Bonchev–Trinajstić information content (AvgIpc) is 3.21. The van der Waals surface area contributed by atoms with Crippen molar-refractivity contribution in [2.75, 3.05) is 13.2 Å². The lowest BCUT2D eigenvalue weighted by Gasteiger charge is -2.08. The lowest BCUT2D eigenvalue weighted by molar-refractivity contribution is -0.122. The summed E-state index contributed by atoms with van der Waals surface area (Å²) < 4.78 is 8.88. The summed E-state index contributed by atoms with van der Waals surface area (Å²) in [7, 11) is 0. The van der Waals surface area contributed by atoms with Gasteiger partial charge in [0.2, 0.25) is 0 Å². The molecule has 0 bridgehead atoms. The first-order chi connectivity index (χ1) is 14.6. The molecule has 2 heterocycles. The Bertz CT molecular complexity index is 1150. The Morgan fingerprint density at radius 3 is 2.70 bits per heavy atom. The summed E-state index contributed by atoms with van der Waals surface area (Å²) in [6.45, 7) is 4.99. The van der Waals surface area contributed by atoms with Crippen LogP contribution >= 0.6 is 27.7 Å². The molecule has 7 heteroatoms. The van der Waals surface area contributed by atoms with Crippen LogP contribution in [0, 0.1) is 0 Å². The maximum atomic E-state index is 12.6. The van der Waals surface area contributed by atoms with Crippen LogP contribution < -0.4 is 4.74 Å². The summed E-state index contributed by atoms with van der Waals surface area (Å²) in [5.41, 5.74) is 1.92. The van der Waals surface area contributed by atoms with Gasteiger partial charge in [0.15, 0.2) is 0 Å². The summed E-state index contributed by atoms with van der Waals surface area (Å²) >= 11 is 4.48. The SMILES string of the molecule is C=CCN1C(=O)S/C(=C\c2cn(CCOc3ccccc3)c3ccc(Br)cc23)C1=O. The van der Waals surface area contributed by atoms with E-state index in [0.29, 0.717) is 18.1 Å². The molecule has 0 aliphatic carbocycles. The minimum Gasteiger partial charge on any atom is -0.492 e. The van der Waals surface area contributed by atoms with Crippen LogP contribution in [-0.2, 0) is 11.3 Å². The number of nitrogens with zero attached hydrogens (tertiary/aromatic N) is 2. The van der Waals surface area contributed by atoms with Crippen molar-refractivity contribution in [2.24, 2.45) is 0 Å². The number of hydrogen-bond acceptors (Lipinski definition) is 4. The molecule has 1 aliphatic rings. The van der Waals surface area contributed by atoms with Gasteiger partial charge in [-0.15, -0.1) is 6.58 Å². The first-order valence-corrected chi connectivity index (χ1v) is 11.0. The maximum Gasteiger partial charge on any atom is 0.293 e. The number of ether oxygens (including phenoxy) is 1. The Labute approximate surface area is 187 Å². The highest BCUT2D eigenvalue weighted by molar-refractivity contribution is 9.10. The summed E-state index contributed by atoms with van der Waals surface area (Å²) in [4.78, 5) is 26.3. The number of hydrogen-bond donors (Lipinski definition) is 0. The second-order valence-electron chi connectivity index (χ2n) is 6.68. The minimum atomic E-state index is -0.284. The van der Waals surface area contributed by atoms with Gasteiger partial charge in [-0.3, -0.25) is 14.5 Å². The molecule has 1 aliphatic heterocycles. The van der Waals surface area contributed by atoms with Crippen molar-refractivity contribution in [3.8, 4) is 5.75 Å². The van der Waals surface area contributed by atoms with Gasteiger partial charge in [-0.1, -0.05) is 40.2 Å². The topological polar surface area (TPSA) is 51.5 Å². The van der Waals surface area contributed by atoms with E-state index in [4.69, 9.17) is 4.74 Å². The molecule has 152 valence electrons. The number of thioether (sulfide) groups is 1. The third-order valence-electron chi connectivity index (χ3n) is 4.69. The average molecular weight is 483 g/mol. The van der Waals surface area contributed by atoms with Crippen molar-refractivity contribution < 1.29 is 14.3 Å². The molecule has 0 spiro atoms. The fourth-order valence-electron chi connectivity index (χ4n) is 3.30. The van der Waals surface area contributed by atoms with E-state index in [0.717, 1.165) is 38.5 Å². The van der Waals surface area contributed by atoms with E-state index < -0.39 is 0 Å². The molecule has 0 N–H and O–H groups in total. The van der Waals surface area contributed by atoms with Crippen LogP contribution in [-0.4, -0.2) is 33.8 Å². The molecule has 2 amide bonds. The third-order valence-corrected chi connectivity index (χ3v) is 6.09. The molecule has 3 aromatic rings. The zero-order valence-electron chi connectivity index (χ0n) is 16.1. The summed E-state index contributed by atoms with van der Waals surface area (Å²) in [6.07, 6.45) is 5.33. The number of imide groups is 1. The van der Waals surface area contributed by atoms with Gasteiger partial charge < -0.3 is 9.30 Å². The molecule has 4 rings (SSSR count). The van der Waals surface area contributed by atoms with Crippen LogP contribution in [0.1, 0.15) is 5.56 Å². The van der Waals surface area contributed by atoms with Crippen LogP contribution in [0.3, 0.4) is 0 Å². The standard InChI is InChI=1S/C23H19BrN2O3S/c1-2-10-26-22(27)21(30-23(26)28)13-16-15-25(20-9-8-17(24)14-19(16)20)11-12-29-18-6-4-3-5-7-18/h2-9,13-15H,1,10-12H2/b21-13-. The Hall–Kier alpha value is -2.77. The van der Waals surface area contributed by atoms with Crippen LogP contribution in [0.5, 0.6) is 5.75 Å². The van der Waals surface area contributed by atoms with Crippen LogP contribution in [0.15, 0.2) is 76.8 Å². The number of aromatic nitrogens is 1. The fourth-order valence-corrected chi connectivity index (χ4v) is 4.50. The predicted molar refractivity (Wildman–Crippen MR) is 124 cm³/mol. The number of carbonyl (C=O) groups is 2. The summed E-state index contributed by atoms with van der Waals surface area (Å²) in [6, 6.07) is 15.7. The Morgan fingerprint density at radius 1 is 1.13 bits per heavy atom. The van der Waals surface area contributed by atoms with E-state index in [-0.39, 0.29) is 17.7 Å². The number of benzene rings is 2. The van der Waals surface area contributed by atoms with Crippen LogP contribution in [0.25, 0.3) is 17.0 Å². The molecular weight excluding hydrogens is 464 g/mol. The number of rotatable bonds is 7. The van der Waals surface area contributed by atoms with E-state index in [1.807, 2.05) is 54.7 Å². The van der Waals surface area contributed by atoms with Gasteiger partial charge in [-0.05, 0) is 48.2 Å². The van der Waals surface area contributed by atoms with Crippen LogP contribution in [0.4, 0.5) is 4.79 Å². The molecule has 5 nitrogen and oxygen atoms in total. The zero-order chi connectivity index (χ0) is 21.1. The first-order valence-electron chi connectivity index (χ1n) is 9.39. The van der Waals surface area contributed by atoms with Crippen molar-refractivity contribution in [1.29, 1.82) is 0 Å². The summed E-state index contributed by atoms with van der Waals surface area (Å²) in [5, 5.41) is 0.729. The second kappa shape index (κ2) is 8.93. The molecule has 0 atom stereocenters. The van der Waals surface area contributed by atoms with Crippen LogP contribution in [0.2, 0.25) is 0 Å². The largest absolute Gasteiger partial charge is 0.492 e. The smallest absolute Gasteiger partial charge is 0.293 e. The molecule has 1 aromatic heterocycles. The van der Waals surface area contributed by atoms with Gasteiger partial charge in [0.1, 0.15) is 12.4 Å². The predicted octanol–water partition coefficient (Wildman–Crippen LogP) is 5.71. The normalized spacial score (nSPS) is 15.4. The molecular formula is C23H19BrN2O3S. The highest BCUT2D eigenvalue weighted by Crippen LogP contribution is 2.34. The second-order valence-corrected chi connectivity index (χ2v) is 8.59. The first kappa shape index (κ1) is 20.5. The van der Waals surface area contributed by atoms with Gasteiger partial charge in [-0.25, -0.2) is 0 Å². The molecule has 0 radical (unpaired) electrons. The van der Waals surface area contributed by atoms with E-state index in [1.54, 1.807) is 12.2 Å². The zero-order valence-corrected chi connectivity index (χ0v) is 18.5. The van der Waals surface area contributed by atoms with Gasteiger partial charge >= 0.3 is 0 Å². The number of amides is 2. The van der Waals surface area contributed by atoms with E-state index >= 15 is 0 Å². The Balaban J connectivity index is 1.62. The molecule has 1 saturated heterocycles. The lowest BCUT2D eigenvalue weighted by Crippen LogP contribution is -2.27. The van der Waals surface area contributed by atoms with E-state index in [1.165, 1.54) is 4.90 Å². The van der Waals surface area contributed by atoms with Gasteiger partial charge in [-0.2, -0.15) is 0 Å². The maximum absolute atomic E-state index is 12.6. The van der Waals surface area contributed by atoms with Gasteiger partial charge in [0.25, 0.3) is 11.1 Å². The quantitative estimate of drug-likeness (QED) is 0.319.